The maximum Gasteiger partial charge on any atom is 0.0743 e. The summed E-state index contributed by atoms with van der Waals surface area (Å²) in [7, 11) is 0. The standard InChI is InChI=1S/C15H14N2/c1-11-4-3-5-14(8-11)17-15-9-12(2)6-7-13(15)10-16-17/h3-10H,1-2H3. The summed E-state index contributed by atoms with van der Waals surface area (Å²) in [5.74, 6) is 0. The third-order valence-corrected chi connectivity index (χ3v) is 2.97. The summed E-state index contributed by atoms with van der Waals surface area (Å²) in [6.07, 6.45) is 1.91. The molecule has 0 atom stereocenters. The maximum atomic E-state index is 4.46. The smallest absolute Gasteiger partial charge is 0.0743 e. The lowest BCUT2D eigenvalue weighted by molar-refractivity contribution is 0.909. The van der Waals surface area contributed by atoms with Crippen LogP contribution in [0.1, 0.15) is 11.1 Å². The monoisotopic (exact) mass is 222 g/mol. The van der Waals surface area contributed by atoms with Crippen molar-refractivity contribution in [2.75, 3.05) is 0 Å². The molecule has 0 aliphatic carbocycles. The van der Waals surface area contributed by atoms with Crippen LogP contribution in [0.3, 0.4) is 0 Å². The van der Waals surface area contributed by atoms with Crippen LogP contribution in [-0.2, 0) is 0 Å². The molecule has 1 heterocycles. The Hall–Kier alpha value is -2.09. The van der Waals surface area contributed by atoms with Gasteiger partial charge in [0, 0.05) is 5.39 Å². The molecule has 0 aliphatic heterocycles. The zero-order valence-corrected chi connectivity index (χ0v) is 10.0. The molecule has 0 radical (unpaired) electrons. The summed E-state index contributed by atoms with van der Waals surface area (Å²) in [5.41, 5.74) is 4.78. The number of aromatic nitrogens is 2. The van der Waals surface area contributed by atoms with Crippen LogP contribution in [0.25, 0.3) is 16.6 Å². The molecule has 17 heavy (non-hydrogen) atoms. The minimum absolute atomic E-state index is 1.12. The number of rotatable bonds is 1. The Morgan fingerprint density at radius 3 is 2.59 bits per heavy atom. The second-order valence-corrected chi connectivity index (χ2v) is 4.46. The van der Waals surface area contributed by atoms with Crippen molar-refractivity contribution in [3.8, 4) is 5.69 Å². The van der Waals surface area contributed by atoms with Crippen molar-refractivity contribution in [1.82, 2.24) is 9.78 Å². The third-order valence-electron chi connectivity index (χ3n) is 2.97. The number of fused-ring (bicyclic) bond motifs is 1. The second-order valence-electron chi connectivity index (χ2n) is 4.46. The molecule has 3 rings (SSSR count). The van der Waals surface area contributed by atoms with Crippen molar-refractivity contribution < 1.29 is 0 Å². The first-order valence-electron chi connectivity index (χ1n) is 5.75. The van der Waals surface area contributed by atoms with E-state index in [1.165, 1.54) is 16.5 Å². The third kappa shape index (κ3) is 1.72. The normalized spacial score (nSPS) is 10.9. The quantitative estimate of drug-likeness (QED) is 0.614. The highest BCUT2D eigenvalue weighted by Gasteiger charge is 2.04. The predicted octanol–water partition coefficient (Wildman–Crippen LogP) is 3.64. The summed E-state index contributed by atoms with van der Waals surface area (Å²) in [6, 6.07) is 14.8. The first kappa shape index (κ1) is 10.1. The molecule has 0 bridgehead atoms. The van der Waals surface area contributed by atoms with E-state index in [1.54, 1.807) is 0 Å². The van der Waals surface area contributed by atoms with Gasteiger partial charge in [-0.05, 0) is 43.2 Å². The van der Waals surface area contributed by atoms with Gasteiger partial charge in [-0.3, -0.25) is 0 Å². The largest absolute Gasteiger partial charge is 0.233 e. The number of aryl methyl sites for hydroxylation is 2. The van der Waals surface area contributed by atoms with Crippen LogP contribution < -0.4 is 0 Å². The van der Waals surface area contributed by atoms with Gasteiger partial charge in [0.15, 0.2) is 0 Å². The summed E-state index contributed by atoms with van der Waals surface area (Å²) in [6.45, 7) is 4.20. The van der Waals surface area contributed by atoms with E-state index in [2.05, 4.69) is 61.4 Å². The molecule has 0 amide bonds. The van der Waals surface area contributed by atoms with E-state index in [0.717, 1.165) is 11.2 Å². The molecule has 0 unspecified atom stereocenters. The Labute approximate surface area is 101 Å². The molecular weight excluding hydrogens is 208 g/mol. The maximum absolute atomic E-state index is 4.46. The fourth-order valence-corrected chi connectivity index (χ4v) is 2.09. The van der Waals surface area contributed by atoms with Gasteiger partial charge in [0.25, 0.3) is 0 Å². The second kappa shape index (κ2) is 3.74. The molecule has 2 nitrogen and oxygen atoms in total. The van der Waals surface area contributed by atoms with Crippen LogP contribution in [0.4, 0.5) is 0 Å². The lowest BCUT2D eigenvalue weighted by Gasteiger charge is -2.04. The van der Waals surface area contributed by atoms with Crippen LogP contribution in [0.2, 0.25) is 0 Å². The van der Waals surface area contributed by atoms with Crippen molar-refractivity contribution in [3.05, 3.63) is 59.8 Å². The van der Waals surface area contributed by atoms with Gasteiger partial charge in [0.1, 0.15) is 0 Å². The highest BCUT2D eigenvalue weighted by molar-refractivity contribution is 5.80. The molecule has 0 saturated carbocycles. The Morgan fingerprint density at radius 2 is 1.76 bits per heavy atom. The summed E-state index contributed by atoms with van der Waals surface area (Å²) in [5, 5.41) is 5.64. The molecule has 0 aliphatic rings. The van der Waals surface area contributed by atoms with Gasteiger partial charge in [-0.15, -0.1) is 0 Å². The van der Waals surface area contributed by atoms with Crippen molar-refractivity contribution >= 4 is 10.9 Å². The first-order valence-corrected chi connectivity index (χ1v) is 5.75. The van der Waals surface area contributed by atoms with E-state index in [1.807, 2.05) is 10.9 Å². The van der Waals surface area contributed by atoms with Crippen molar-refractivity contribution in [2.24, 2.45) is 0 Å². The molecule has 0 fully saturated rings. The zero-order valence-electron chi connectivity index (χ0n) is 10.0. The van der Waals surface area contributed by atoms with Crippen LogP contribution >= 0.6 is 0 Å². The average molecular weight is 222 g/mol. The van der Waals surface area contributed by atoms with Gasteiger partial charge in [-0.1, -0.05) is 24.3 Å². The molecule has 2 heteroatoms. The molecular formula is C15H14N2. The van der Waals surface area contributed by atoms with E-state index >= 15 is 0 Å². The van der Waals surface area contributed by atoms with Gasteiger partial charge in [0.2, 0.25) is 0 Å². The Kier molecular flexibility index (Phi) is 2.22. The van der Waals surface area contributed by atoms with Crippen molar-refractivity contribution in [1.29, 1.82) is 0 Å². The number of nitrogens with zero attached hydrogens (tertiary/aromatic N) is 2. The van der Waals surface area contributed by atoms with E-state index in [9.17, 15) is 0 Å². The molecule has 2 aromatic carbocycles. The summed E-state index contributed by atoms with van der Waals surface area (Å²) in [4.78, 5) is 0. The van der Waals surface area contributed by atoms with Crippen LogP contribution in [-0.4, -0.2) is 9.78 Å². The molecule has 84 valence electrons. The lowest BCUT2D eigenvalue weighted by atomic mass is 10.2. The summed E-state index contributed by atoms with van der Waals surface area (Å²) < 4.78 is 2.00. The Balaban J connectivity index is 2.27. The molecule has 3 aromatic rings. The molecule has 0 spiro atoms. The summed E-state index contributed by atoms with van der Waals surface area (Å²) >= 11 is 0. The van der Waals surface area contributed by atoms with Crippen LogP contribution in [0, 0.1) is 13.8 Å². The van der Waals surface area contributed by atoms with Gasteiger partial charge in [-0.25, -0.2) is 4.68 Å². The van der Waals surface area contributed by atoms with Crippen LogP contribution in [0.5, 0.6) is 0 Å². The van der Waals surface area contributed by atoms with E-state index in [0.29, 0.717) is 0 Å². The van der Waals surface area contributed by atoms with Crippen molar-refractivity contribution in [2.45, 2.75) is 13.8 Å². The Bertz CT molecular complexity index is 680. The molecule has 1 aromatic heterocycles. The van der Waals surface area contributed by atoms with Gasteiger partial charge in [-0.2, -0.15) is 5.10 Å². The first-order chi connectivity index (χ1) is 8.24. The van der Waals surface area contributed by atoms with E-state index < -0.39 is 0 Å². The zero-order chi connectivity index (χ0) is 11.8. The molecule has 0 N–H and O–H groups in total. The highest BCUT2D eigenvalue weighted by atomic mass is 15.3. The minimum atomic E-state index is 1.12. The number of hydrogen-bond donors (Lipinski definition) is 0. The predicted molar refractivity (Wildman–Crippen MR) is 70.5 cm³/mol. The minimum Gasteiger partial charge on any atom is -0.233 e. The fourth-order valence-electron chi connectivity index (χ4n) is 2.09. The molecule has 0 saturated heterocycles. The van der Waals surface area contributed by atoms with Gasteiger partial charge >= 0.3 is 0 Å². The van der Waals surface area contributed by atoms with E-state index in [4.69, 9.17) is 0 Å². The lowest BCUT2D eigenvalue weighted by Crippen LogP contribution is -1.96. The van der Waals surface area contributed by atoms with Gasteiger partial charge in [0.05, 0.1) is 17.4 Å². The fraction of sp³-hybridized carbons (Fsp3) is 0.133. The van der Waals surface area contributed by atoms with Crippen LogP contribution in [0.15, 0.2) is 48.7 Å². The highest BCUT2D eigenvalue weighted by Crippen LogP contribution is 2.19. The number of hydrogen-bond acceptors (Lipinski definition) is 1. The topological polar surface area (TPSA) is 17.8 Å². The SMILES string of the molecule is Cc1cccc(-n2ncc3ccc(C)cc32)c1. The van der Waals surface area contributed by atoms with E-state index in [-0.39, 0.29) is 0 Å². The average Bonchev–Trinajstić information content (AvgIpc) is 2.71. The van der Waals surface area contributed by atoms with Crippen molar-refractivity contribution in [3.63, 3.8) is 0 Å². The van der Waals surface area contributed by atoms with Gasteiger partial charge < -0.3 is 0 Å². The number of benzene rings is 2. The Morgan fingerprint density at radius 1 is 0.941 bits per heavy atom.